The molecule has 0 amide bonds. The van der Waals surface area contributed by atoms with Crippen LogP contribution in [-0.2, 0) is 0 Å². The molecule has 0 aliphatic carbocycles. The fraction of sp³-hybridized carbons (Fsp3) is 0. The Morgan fingerprint density at radius 3 is 1.46 bits per heavy atom. The fourth-order valence-electron chi connectivity index (χ4n) is 6.30. The highest BCUT2D eigenvalue weighted by Crippen LogP contribution is 2.39. The number of hydrogen-bond donors (Lipinski definition) is 0. The van der Waals surface area contributed by atoms with Crippen LogP contribution >= 0.6 is 0 Å². The average molecular weight is 599 g/mol. The summed E-state index contributed by atoms with van der Waals surface area (Å²) in [6.45, 7) is 0. The van der Waals surface area contributed by atoms with Gasteiger partial charge < -0.3 is 9.47 Å². The smallest absolute Gasteiger partial charge is 0.123 e. The minimum absolute atomic E-state index is 0.307. The Morgan fingerprint density at radius 1 is 0.370 bits per heavy atom. The first-order valence-corrected chi connectivity index (χ1v) is 15.2. The second-order valence-corrected chi connectivity index (χ2v) is 11.3. The molecule has 1 aromatic heterocycles. The van der Waals surface area contributed by atoms with Crippen LogP contribution in [0, 0.1) is 11.6 Å². The maximum absolute atomic E-state index is 13.8. The van der Waals surface area contributed by atoms with Crippen molar-refractivity contribution in [3.8, 4) is 27.9 Å². The van der Waals surface area contributed by atoms with Crippen LogP contribution in [0.25, 0.3) is 49.7 Å². The van der Waals surface area contributed by atoms with Crippen LogP contribution in [-0.4, -0.2) is 4.57 Å². The van der Waals surface area contributed by atoms with Crippen LogP contribution in [0.3, 0.4) is 0 Å². The highest BCUT2D eigenvalue weighted by Gasteiger charge is 2.16. The van der Waals surface area contributed by atoms with Crippen molar-refractivity contribution in [3.63, 3.8) is 0 Å². The van der Waals surface area contributed by atoms with Crippen LogP contribution in [0.15, 0.2) is 170 Å². The minimum Gasteiger partial charge on any atom is -0.310 e. The van der Waals surface area contributed by atoms with Gasteiger partial charge in [-0.2, -0.15) is 0 Å². The highest BCUT2D eigenvalue weighted by molar-refractivity contribution is 6.11. The Labute approximate surface area is 266 Å². The molecule has 2 nitrogen and oxygen atoms in total. The maximum Gasteiger partial charge on any atom is 0.123 e. The number of nitrogens with zero attached hydrogens (tertiary/aromatic N) is 2. The van der Waals surface area contributed by atoms with Crippen LogP contribution in [0.4, 0.5) is 25.8 Å². The molecule has 0 N–H and O–H groups in total. The van der Waals surface area contributed by atoms with E-state index in [-0.39, 0.29) is 11.6 Å². The van der Waals surface area contributed by atoms with Gasteiger partial charge in [0.1, 0.15) is 11.6 Å². The second-order valence-electron chi connectivity index (χ2n) is 11.3. The van der Waals surface area contributed by atoms with Crippen molar-refractivity contribution in [2.75, 3.05) is 4.90 Å². The summed E-state index contributed by atoms with van der Waals surface area (Å²) in [6, 6.07) is 55.3. The molecule has 0 radical (unpaired) electrons. The molecule has 0 fully saturated rings. The molecular formula is C42H28F2N2. The molecule has 8 aromatic rings. The number of aromatic nitrogens is 1. The van der Waals surface area contributed by atoms with Gasteiger partial charge in [-0.25, -0.2) is 8.78 Å². The van der Waals surface area contributed by atoms with E-state index in [1.54, 1.807) is 24.3 Å². The first-order valence-electron chi connectivity index (χ1n) is 15.2. The Morgan fingerprint density at radius 2 is 0.848 bits per heavy atom. The van der Waals surface area contributed by atoms with E-state index in [9.17, 15) is 8.78 Å². The van der Waals surface area contributed by atoms with Gasteiger partial charge in [-0.1, -0.05) is 78.9 Å². The van der Waals surface area contributed by atoms with Gasteiger partial charge >= 0.3 is 0 Å². The van der Waals surface area contributed by atoms with Crippen molar-refractivity contribution in [3.05, 3.63) is 181 Å². The van der Waals surface area contributed by atoms with Gasteiger partial charge in [0, 0.05) is 33.5 Å². The summed E-state index contributed by atoms with van der Waals surface area (Å²) >= 11 is 0. The van der Waals surface area contributed by atoms with Gasteiger partial charge in [0.25, 0.3) is 0 Å². The lowest BCUT2D eigenvalue weighted by Gasteiger charge is -2.25. The lowest BCUT2D eigenvalue weighted by molar-refractivity contribution is 0.628. The summed E-state index contributed by atoms with van der Waals surface area (Å²) in [6.07, 6.45) is 0. The fourth-order valence-corrected chi connectivity index (χ4v) is 6.30. The quantitative estimate of drug-likeness (QED) is 0.185. The number of para-hydroxylation sites is 1. The maximum atomic E-state index is 13.8. The van der Waals surface area contributed by atoms with E-state index in [0.29, 0.717) is 0 Å². The third-order valence-electron chi connectivity index (χ3n) is 8.52. The van der Waals surface area contributed by atoms with Crippen molar-refractivity contribution in [2.45, 2.75) is 0 Å². The standard InChI is InChI=1S/C42H28F2N2/c43-33-15-21-37(22-16-33)45(38-23-17-34(44)18-24-38)36-19-11-30(12-20-36)31-14-26-41-40(27-31)39-25-13-32(29-7-3-1-4-8-29)28-42(39)46(41)35-9-5-2-6-10-35/h1-28H. The van der Waals surface area contributed by atoms with Crippen molar-refractivity contribution >= 4 is 38.9 Å². The van der Waals surface area contributed by atoms with Crippen LogP contribution in [0.2, 0.25) is 0 Å². The summed E-state index contributed by atoms with van der Waals surface area (Å²) in [5, 5.41) is 2.37. The molecule has 0 spiro atoms. The summed E-state index contributed by atoms with van der Waals surface area (Å²) in [4.78, 5) is 1.99. The Kier molecular flexibility index (Phi) is 6.88. The predicted octanol–water partition coefficient (Wildman–Crippen LogP) is 11.9. The monoisotopic (exact) mass is 598 g/mol. The van der Waals surface area contributed by atoms with E-state index < -0.39 is 0 Å². The van der Waals surface area contributed by atoms with E-state index >= 15 is 0 Å². The van der Waals surface area contributed by atoms with Crippen molar-refractivity contribution < 1.29 is 8.78 Å². The van der Waals surface area contributed by atoms with Gasteiger partial charge in [-0.15, -0.1) is 0 Å². The lowest BCUT2D eigenvalue weighted by Crippen LogP contribution is -2.09. The van der Waals surface area contributed by atoms with E-state index in [2.05, 4.69) is 102 Å². The molecule has 0 saturated heterocycles. The number of rotatable bonds is 6. The minimum atomic E-state index is -0.307. The molecule has 0 unspecified atom stereocenters. The largest absolute Gasteiger partial charge is 0.310 e. The summed E-state index contributed by atoms with van der Waals surface area (Å²) in [5.41, 5.74) is 10.4. The van der Waals surface area contributed by atoms with Crippen molar-refractivity contribution in [1.29, 1.82) is 0 Å². The van der Waals surface area contributed by atoms with E-state index in [4.69, 9.17) is 0 Å². The molecule has 0 atom stereocenters. The number of benzene rings is 7. The SMILES string of the molecule is Fc1ccc(N(c2ccc(F)cc2)c2ccc(-c3ccc4c(c3)c3ccc(-c5ccccc5)cc3n4-c3ccccc3)cc2)cc1. The van der Waals surface area contributed by atoms with Crippen molar-refractivity contribution in [2.24, 2.45) is 0 Å². The summed E-state index contributed by atoms with van der Waals surface area (Å²) in [5.74, 6) is -0.614. The Hall–Kier alpha value is -6.00. The molecule has 1 heterocycles. The Bertz CT molecular complexity index is 2250. The summed E-state index contributed by atoms with van der Waals surface area (Å²) < 4.78 is 29.9. The highest BCUT2D eigenvalue weighted by atomic mass is 19.1. The van der Waals surface area contributed by atoms with E-state index in [0.717, 1.165) is 44.9 Å². The second kappa shape index (κ2) is 11.5. The molecule has 0 saturated carbocycles. The van der Waals surface area contributed by atoms with Crippen LogP contribution in [0.5, 0.6) is 0 Å². The molecule has 8 rings (SSSR count). The van der Waals surface area contributed by atoms with E-state index in [1.165, 1.54) is 46.2 Å². The van der Waals surface area contributed by atoms with Crippen LogP contribution < -0.4 is 4.90 Å². The number of halogens is 2. The molecule has 7 aromatic carbocycles. The molecular weight excluding hydrogens is 570 g/mol. The number of anilines is 3. The zero-order chi connectivity index (χ0) is 31.0. The topological polar surface area (TPSA) is 8.17 Å². The zero-order valence-electron chi connectivity index (χ0n) is 24.8. The van der Waals surface area contributed by atoms with E-state index in [1.807, 2.05) is 29.2 Å². The molecule has 0 aliphatic rings. The average Bonchev–Trinajstić information content (AvgIpc) is 3.44. The third-order valence-corrected chi connectivity index (χ3v) is 8.52. The van der Waals surface area contributed by atoms with Gasteiger partial charge in [-0.05, 0) is 113 Å². The lowest BCUT2D eigenvalue weighted by atomic mass is 10.0. The first-order chi connectivity index (χ1) is 22.6. The Balaban J connectivity index is 1.23. The normalized spacial score (nSPS) is 11.3. The van der Waals surface area contributed by atoms with Crippen molar-refractivity contribution in [1.82, 2.24) is 4.57 Å². The molecule has 0 bridgehead atoms. The van der Waals surface area contributed by atoms with Gasteiger partial charge in [0.2, 0.25) is 0 Å². The molecule has 4 heteroatoms. The first kappa shape index (κ1) is 27.5. The predicted molar refractivity (Wildman–Crippen MR) is 186 cm³/mol. The van der Waals surface area contributed by atoms with Gasteiger partial charge in [0.05, 0.1) is 11.0 Å². The molecule has 46 heavy (non-hydrogen) atoms. The third kappa shape index (κ3) is 5.00. The summed E-state index contributed by atoms with van der Waals surface area (Å²) in [7, 11) is 0. The van der Waals surface area contributed by atoms with Gasteiger partial charge in [-0.3, -0.25) is 0 Å². The number of hydrogen-bond acceptors (Lipinski definition) is 1. The van der Waals surface area contributed by atoms with Crippen LogP contribution in [0.1, 0.15) is 0 Å². The molecule has 220 valence electrons. The molecule has 0 aliphatic heterocycles. The zero-order valence-corrected chi connectivity index (χ0v) is 24.8. The number of fused-ring (bicyclic) bond motifs is 3. The van der Waals surface area contributed by atoms with Gasteiger partial charge in [0.15, 0.2) is 0 Å².